The molecule has 2 aromatic carbocycles. The number of benzene rings is 2. The van der Waals surface area contributed by atoms with E-state index >= 15 is 0 Å². The van der Waals surface area contributed by atoms with Crippen LogP contribution in [0.5, 0.6) is 0 Å². The van der Waals surface area contributed by atoms with Gasteiger partial charge in [-0.3, -0.25) is 24.5 Å². The zero-order valence-electron chi connectivity index (χ0n) is 17.7. The molecule has 2 aromatic rings. The van der Waals surface area contributed by atoms with Gasteiger partial charge in [0.1, 0.15) is 7.85 Å². The molecular formula is C22H16B2ClF2N3O4. The predicted molar refractivity (Wildman–Crippen MR) is 119 cm³/mol. The van der Waals surface area contributed by atoms with Crippen molar-refractivity contribution in [3.63, 3.8) is 0 Å². The second-order valence-electron chi connectivity index (χ2n) is 8.20. The maximum atomic E-state index is 14.6. The van der Waals surface area contributed by atoms with Gasteiger partial charge in [-0.15, -0.1) is 0 Å². The molecule has 2 aliphatic heterocycles. The minimum Gasteiger partial charge on any atom is -0.387 e. The number of nitrogens with zero attached hydrogens (tertiary/aromatic N) is 2. The Hall–Kier alpha value is -3.20. The zero-order valence-corrected chi connectivity index (χ0v) is 18.4. The number of nitrogens with one attached hydrogen (secondary N) is 1. The average Bonchev–Trinajstić information content (AvgIpc) is 3.12. The van der Waals surface area contributed by atoms with Gasteiger partial charge in [-0.1, -0.05) is 35.9 Å². The van der Waals surface area contributed by atoms with Gasteiger partial charge in [0.05, 0.1) is 5.44 Å². The molecule has 4 radical (unpaired) electrons. The summed E-state index contributed by atoms with van der Waals surface area (Å²) >= 11 is 5.71. The Labute approximate surface area is 201 Å². The van der Waals surface area contributed by atoms with Crippen LogP contribution in [-0.4, -0.2) is 54.6 Å². The third kappa shape index (κ3) is 4.09. The smallest absolute Gasteiger partial charge is 0.348 e. The zero-order chi connectivity index (χ0) is 24.8. The molecule has 4 rings (SSSR count). The summed E-state index contributed by atoms with van der Waals surface area (Å²) in [5.41, 5.74) is -1.08. The lowest BCUT2D eigenvalue weighted by Crippen LogP contribution is -2.63. The molecule has 12 heteroatoms. The van der Waals surface area contributed by atoms with Crippen molar-refractivity contribution in [3.8, 4) is 0 Å². The van der Waals surface area contributed by atoms with Crippen LogP contribution in [0.2, 0.25) is 5.02 Å². The number of hydrogen-bond acceptors (Lipinski definition) is 4. The van der Waals surface area contributed by atoms with Gasteiger partial charge in [0.15, 0.2) is 0 Å². The number of imide groups is 1. The molecule has 2 heterocycles. The lowest BCUT2D eigenvalue weighted by molar-refractivity contribution is -0.154. The SMILES string of the molecule is [B]N(Cc1ccc2c(c1)CN([C@]1([B])CCC(=O)NC1=O)C2=O)C(=O)C(F)(F)c1ccc(Cl)cc1. The normalized spacial score (nSPS) is 20.2. The van der Waals surface area contributed by atoms with E-state index in [9.17, 15) is 28.0 Å². The topological polar surface area (TPSA) is 86.8 Å². The van der Waals surface area contributed by atoms with Gasteiger partial charge in [0, 0.05) is 35.7 Å². The minimum absolute atomic E-state index is 0.0142. The van der Waals surface area contributed by atoms with Gasteiger partial charge in [-0.25, -0.2) is 0 Å². The van der Waals surface area contributed by atoms with E-state index in [2.05, 4.69) is 5.32 Å². The monoisotopic (exact) mass is 481 g/mol. The summed E-state index contributed by atoms with van der Waals surface area (Å²) in [6.45, 7) is -0.383. The Kier molecular flexibility index (Phi) is 6.01. The summed E-state index contributed by atoms with van der Waals surface area (Å²) in [7, 11) is 11.9. The highest BCUT2D eigenvalue weighted by atomic mass is 35.5. The number of halogens is 3. The summed E-state index contributed by atoms with van der Waals surface area (Å²) in [6.07, 6.45) is -0.0468. The maximum absolute atomic E-state index is 14.6. The molecule has 2 aliphatic rings. The van der Waals surface area contributed by atoms with Crippen molar-refractivity contribution in [3.05, 3.63) is 69.7 Å². The van der Waals surface area contributed by atoms with E-state index in [1.165, 1.54) is 35.2 Å². The van der Waals surface area contributed by atoms with Crippen LogP contribution in [0, 0.1) is 0 Å². The first kappa shape index (κ1) is 23.9. The molecule has 7 nitrogen and oxygen atoms in total. The number of fused-ring (bicyclic) bond motifs is 1. The first-order valence-electron chi connectivity index (χ1n) is 10.2. The van der Waals surface area contributed by atoms with Crippen molar-refractivity contribution in [2.24, 2.45) is 0 Å². The number of amides is 4. The highest BCUT2D eigenvalue weighted by Crippen LogP contribution is 2.34. The first-order valence-corrected chi connectivity index (χ1v) is 10.6. The quantitative estimate of drug-likeness (QED) is 0.521. The molecule has 170 valence electrons. The Morgan fingerprint density at radius 3 is 2.50 bits per heavy atom. The Morgan fingerprint density at radius 1 is 1.18 bits per heavy atom. The van der Waals surface area contributed by atoms with Crippen LogP contribution in [-0.2, 0) is 33.4 Å². The van der Waals surface area contributed by atoms with Crippen molar-refractivity contribution in [2.75, 3.05) is 0 Å². The number of carbonyl (C=O) groups is 4. The fourth-order valence-electron chi connectivity index (χ4n) is 4.00. The van der Waals surface area contributed by atoms with E-state index in [4.69, 9.17) is 27.4 Å². The molecule has 1 fully saturated rings. The number of alkyl halides is 2. The van der Waals surface area contributed by atoms with Gasteiger partial charge < -0.3 is 9.71 Å². The molecule has 0 bridgehead atoms. The van der Waals surface area contributed by atoms with Gasteiger partial charge in [-0.2, -0.15) is 8.78 Å². The van der Waals surface area contributed by atoms with Crippen LogP contribution in [0.25, 0.3) is 0 Å². The second kappa shape index (κ2) is 8.54. The molecule has 0 saturated carbocycles. The van der Waals surface area contributed by atoms with Crippen LogP contribution >= 0.6 is 11.6 Å². The Morgan fingerprint density at radius 2 is 1.85 bits per heavy atom. The highest BCUT2D eigenvalue weighted by Gasteiger charge is 2.48. The number of hydrogen-bond donors (Lipinski definition) is 1. The standard InChI is InChI=1S/C22H16B2ClF2N3O4/c23-21(8-7-17(31)28-19(21)33)29-11-13-9-12(1-6-16(13)18(29)32)10-30(24)20(34)22(26,27)14-2-4-15(25)5-3-14/h1-6,9H,7-8,10-11H2,(H,28,31,33)/t21-/m1/s1. The molecule has 0 aromatic heterocycles. The highest BCUT2D eigenvalue weighted by molar-refractivity contribution is 6.32. The average molecular weight is 481 g/mol. The third-order valence-electron chi connectivity index (χ3n) is 5.92. The van der Waals surface area contributed by atoms with Crippen LogP contribution in [0.15, 0.2) is 42.5 Å². The van der Waals surface area contributed by atoms with Crippen LogP contribution in [0.4, 0.5) is 8.78 Å². The van der Waals surface area contributed by atoms with Crippen LogP contribution in [0.1, 0.15) is 39.9 Å². The number of rotatable bonds is 5. The second-order valence-corrected chi connectivity index (χ2v) is 8.64. The molecule has 0 unspecified atom stereocenters. The molecule has 1 saturated heterocycles. The predicted octanol–water partition coefficient (Wildman–Crippen LogP) is 1.80. The van der Waals surface area contributed by atoms with Crippen molar-refractivity contribution >= 4 is 51.1 Å². The van der Waals surface area contributed by atoms with E-state index in [-0.39, 0.29) is 36.5 Å². The number of piperidine rings is 1. The number of carbonyl (C=O) groups excluding carboxylic acids is 4. The minimum atomic E-state index is -3.87. The fourth-order valence-corrected chi connectivity index (χ4v) is 4.12. The molecular weight excluding hydrogens is 465 g/mol. The summed E-state index contributed by atoms with van der Waals surface area (Å²) < 4.78 is 29.3. The molecule has 1 atom stereocenters. The maximum Gasteiger partial charge on any atom is 0.348 e. The van der Waals surface area contributed by atoms with E-state index < -0.39 is 40.6 Å². The Balaban J connectivity index is 1.50. The lowest BCUT2D eigenvalue weighted by atomic mass is 9.70. The van der Waals surface area contributed by atoms with Gasteiger partial charge in [0.25, 0.3) is 11.8 Å². The van der Waals surface area contributed by atoms with Crippen molar-refractivity contribution < 1.29 is 28.0 Å². The lowest BCUT2D eigenvalue weighted by Gasteiger charge is -2.40. The van der Waals surface area contributed by atoms with E-state index in [0.29, 0.717) is 15.9 Å². The van der Waals surface area contributed by atoms with E-state index in [1.807, 2.05) is 0 Å². The fraction of sp³-hybridized carbons (Fsp3) is 0.273. The van der Waals surface area contributed by atoms with E-state index in [0.717, 1.165) is 12.1 Å². The van der Waals surface area contributed by atoms with Crippen molar-refractivity contribution in [1.29, 1.82) is 0 Å². The molecule has 34 heavy (non-hydrogen) atoms. The first-order chi connectivity index (χ1) is 15.9. The van der Waals surface area contributed by atoms with Crippen molar-refractivity contribution in [2.45, 2.75) is 37.3 Å². The van der Waals surface area contributed by atoms with Gasteiger partial charge in [0.2, 0.25) is 19.8 Å². The molecule has 0 spiro atoms. The third-order valence-corrected chi connectivity index (χ3v) is 6.18. The van der Waals surface area contributed by atoms with Gasteiger partial charge >= 0.3 is 5.92 Å². The summed E-state index contributed by atoms with van der Waals surface area (Å²) in [4.78, 5) is 50.6. The summed E-state index contributed by atoms with van der Waals surface area (Å²) in [6, 6.07) is 9.04. The van der Waals surface area contributed by atoms with E-state index in [1.54, 1.807) is 0 Å². The van der Waals surface area contributed by atoms with Crippen molar-refractivity contribution in [1.82, 2.24) is 15.0 Å². The molecule has 0 aliphatic carbocycles. The summed E-state index contributed by atoms with van der Waals surface area (Å²) in [5, 5.41) is 2.38. The van der Waals surface area contributed by atoms with Crippen LogP contribution < -0.4 is 5.32 Å². The summed E-state index contributed by atoms with van der Waals surface area (Å²) in [5.74, 6) is -7.23. The largest absolute Gasteiger partial charge is 0.387 e. The molecule has 1 N–H and O–H groups in total. The van der Waals surface area contributed by atoms with Gasteiger partial charge in [-0.05, 0) is 35.7 Å². The van der Waals surface area contributed by atoms with Crippen LogP contribution in [0.3, 0.4) is 0 Å². The molecule has 4 amide bonds. The Bertz CT molecular complexity index is 1210.